The summed E-state index contributed by atoms with van der Waals surface area (Å²) in [5, 5.41) is 45.9. The Morgan fingerprint density at radius 3 is 2.61 bits per heavy atom. The van der Waals surface area contributed by atoms with Crippen molar-refractivity contribution in [3.05, 3.63) is 41.7 Å². The third-order valence-electron chi connectivity index (χ3n) is 5.98. The molecule has 0 saturated carbocycles. The fourth-order valence-corrected chi connectivity index (χ4v) is 4.10. The molecule has 3 rings (SSSR count). The van der Waals surface area contributed by atoms with Gasteiger partial charge in [-0.25, -0.2) is 0 Å². The maximum absolute atomic E-state index is 10.9. The average molecular weight is 464 g/mol. The van der Waals surface area contributed by atoms with E-state index in [4.69, 9.17) is 9.47 Å². The van der Waals surface area contributed by atoms with Crippen molar-refractivity contribution in [1.82, 2.24) is 9.78 Å². The number of benzene rings is 1. The first kappa shape index (κ1) is 25.5. The Morgan fingerprint density at radius 2 is 1.91 bits per heavy atom. The van der Waals surface area contributed by atoms with E-state index in [-0.39, 0.29) is 6.54 Å². The summed E-state index contributed by atoms with van der Waals surface area (Å²) in [6.45, 7) is 2.84. The van der Waals surface area contributed by atoms with Gasteiger partial charge in [-0.05, 0) is 38.3 Å². The number of hydrogen-bond donors (Lipinski definition) is 4. The molecule has 0 fully saturated rings. The summed E-state index contributed by atoms with van der Waals surface area (Å²) < 4.78 is 13.4. The Morgan fingerprint density at radius 1 is 1.15 bits per heavy atom. The molecule has 9 heteroatoms. The van der Waals surface area contributed by atoms with Gasteiger partial charge in [0.05, 0.1) is 25.0 Å². The molecule has 4 atom stereocenters. The smallest absolute Gasteiger partial charge is 0.121 e. The average Bonchev–Trinajstić information content (AvgIpc) is 3.12. The largest absolute Gasteiger partial charge is 0.494 e. The van der Waals surface area contributed by atoms with E-state index in [1.807, 2.05) is 49.3 Å². The standard InChI is InChI=1S/C24H37N3O6/c1-17-18(13-26(2)25-17)14-27-15-21(29)23(31)24(22(30)16-28)33-11-6-4-3-5-10-32-20-9-7-8-19(27)12-20/h7-9,12-13,21-24,28-31H,3-6,10-11,14-16H2,1-2H3/t21-,22-,23-,24-/m1/s1. The Balaban J connectivity index is 1.89. The molecule has 2 bridgehead atoms. The number of anilines is 1. The maximum atomic E-state index is 10.9. The molecule has 184 valence electrons. The van der Waals surface area contributed by atoms with Gasteiger partial charge in [-0.2, -0.15) is 5.10 Å². The van der Waals surface area contributed by atoms with Crippen LogP contribution in [0.25, 0.3) is 0 Å². The molecule has 0 amide bonds. The number of rotatable bonds is 4. The molecule has 0 unspecified atom stereocenters. The highest BCUT2D eigenvalue weighted by atomic mass is 16.5. The number of aromatic nitrogens is 2. The van der Waals surface area contributed by atoms with Crippen LogP contribution in [0.2, 0.25) is 0 Å². The molecule has 1 aliphatic rings. The third kappa shape index (κ3) is 7.15. The lowest BCUT2D eigenvalue weighted by atomic mass is 10.0. The van der Waals surface area contributed by atoms with Gasteiger partial charge in [0.2, 0.25) is 0 Å². The first-order valence-corrected chi connectivity index (χ1v) is 11.6. The van der Waals surface area contributed by atoms with Crippen molar-refractivity contribution in [3.63, 3.8) is 0 Å². The van der Waals surface area contributed by atoms with Crippen LogP contribution in [0.3, 0.4) is 0 Å². The maximum Gasteiger partial charge on any atom is 0.121 e. The van der Waals surface area contributed by atoms with E-state index < -0.39 is 31.0 Å². The third-order valence-corrected chi connectivity index (χ3v) is 5.98. The van der Waals surface area contributed by atoms with Crippen molar-refractivity contribution in [3.8, 4) is 5.75 Å². The molecule has 1 aromatic carbocycles. The lowest BCUT2D eigenvalue weighted by Gasteiger charge is -2.34. The number of ether oxygens (including phenoxy) is 2. The second kappa shape index (κ2) is 12.3. The van der Waals surface area contributed by atoms with Gasteiger partial charge >= 0.3 is 0 Å². The zero-order valence-electron chi connectivity index (χ0n) is 19.5. The second-order valence-electron chi connectivity index (χ2n) is 8.70. The number of β-amino-alcohol motifs (C(OH)–C–C–N with tert-alkyl or cyclic N) is 1. The van der Waals surface area contributed by atoms with Crippen molar-refractivity contribution < 1.29 is 29.9 Å². The van der Waals surface area contributed by atoms with Gasteiger partial charge in [0, 0.05) is 50.3 Å². The van der Waals surface area contributed by atoms with E-state index in [9.17, 15) is 20.4 Å². The van der Waals surface area contributed by atoms with Gasteiger partial charge in [-0.15, -0.1) is 0 Å². The molecule has 33 heavy (non-hydrogen) atoms. The topological polar surface area (TPSA) is 120 Å². The molecular formula is C24H37N3O6. The highest BCUT2D eigenvalue weighted by Crippen LogP contribution is 2.25. The zero-order valence-corrected chi connectivity index (χ0v) is 19.5. The minimum absolute atomic E-state index is 0.0803. The van der Waals surface area contributed by atoms with Crippen LogP contribution in [0.5, 0.6) is 5.75 Å². The summed E-state index contributed by atoms with van der Waals surface area (Å²) in [5.41, 5.74) is 2.70. The Hall–Kier alpha value is -2.17. The number of aryl methyl sites for hydroxylation is 2. The zero-order chi connectivity index (χ0) is 23.8. The summed E-state index contributed by atoms with van der Waals surface area (Å²) in [5.74, 6) is 0.749. The monoisotopic (exact) mass is 463 g/mol. The highest BCUT2D eigenvalue weighted by Gasteiger charge is 2.34. The van der Waals surface area contributed by atoms with E-state index in [1.165, 1.54) is 0 Å². The highest BCUT2D eigenvalue weighted by molar-refractivity contribution is 5.51. The van der Waals surface area contributed by atoms with Gasteiger partial charge in [-0.3, -0.25) is 4.68 Å². The van der Waals surface area contributed by atoms with Gasteiger partial charge in [0.25, 0.3) is 0 Å². The number of hydrogen-bond acceptors (Lipinski definition) is 8. The van der Waals surface area contributed by atoms with E-state index >= 15 is 0 Å². The molecule has 0 saturated heterocycles. The predicted octanol–water partition coefficient (Wildman–Crippen LogP) is 1.15. The van der Waals surface area contributed by atoms with E-state index in [1.54, 1.807) is 4.68 Å². The minimum atomic E-state index is -1.38. The van der Waals surface area contributed by atoms with E-state index in [0.717, 1.165) is 48.4 Å². The van der Waals surface area contributed by atoms with Crippen molar-refractivity contribution >= 4 is 5.69 Å². The first-order valence-electron chi connectivity index (χ1n) is 11.6. The van der Waals surface area contributed by atoms with Crippen LogP contribution >= 0.6 is 0 Å². The molecule has 2 aromatic rings. The first-order chi connectivity index (χ1) is 15.9. The fourth-order valence-electron chi connectivity index (χ4n) is 4.10. The van der Waals surface area contributed by atoms with Gasteiger partial charge in [-0.1, -0.05) is 12.5 Å². The molecule has 2 heterocycles. The second-order valence-corrected chi connectivity index (χ2v) is 8.70. The molecule has 1 aliphatic heterocycles. The van der Waals surface area contributed by atoms with E-state index in [0.29, 0.717) is 19.8 Å². The van der Waals surface area contributed by atoms with Crippen LogP contribution in [0.15, 0.2) is 30.5 Å². The van der Waals surface area contributed by atoms with Crippen LogP contribution in [-0.4, -0.2) is 81.0 Å². The van der Waals surface area contributed by atoms with Crippen molar-refractivity contribution in [2.75, 3.05) is 31.3 Å². The molecule has 0 radical (unpaired) electrons. The number of aliphatic hydroxyl groups excluding tert-OH is 4. The summed E-state index contributed by atoms with van der Waals surface area (Å²) in [6.07, 6.45) is 0.484. The molecule has 4 N–H and O–H groups in total. The quantitative estimate of drug-likeness (QED) is 0.533. The Labute approximate surface area is 195 Å². The predicted molar refractivity (Wildman–Crippen MR) is 124 cm³/mol. The molecular weight excluding hydrogens is 426 g/mol. The molecule has 0 spiro atoms. The number of aliphatic hydroxyl groups is 4. The van der Waals surface area contributed by atoms with Crippen molar-refractivity contribution in [2.45, 2.75) is 63.6 Å². The number of nitrogens with zero attached hydrogens (tertiary/aromatic N) is 3. The summed E-state index contributed by atoms with van der Waals surface area (Å²) in [6, 6.07) is 7.67. The minimum Gasteiger partial charge on any atom is -0.494 e. The van der Waals surface area contributed by atoms with Crippen LogP contribution in [0.4, 0.5) is 5.69 Å². The van der Waals surface area contributed by atoms with Crippen LogP contribution < -0.4 is 9.64 Å². The Bertz CT molecular complexity index is 860. The van der Waals surface area contributed by atoms with Gasteiger partial charge < -0.3 is 34.8 Å². The summed E-state index contributed by atoms with van der Waals surface area (Å²) >= 11 is 0. The molecule has 9 nitrogen and oxygen atoms in total. The summed E-state index contributed by atoms with van der Waals surface area (Å²) in [4.78, 5) is 1.94. The molecule has 0 aliphatic carbocycles. The van der Waals surface area contributed by atoms with Crippen LogP contribution in [-0.2, 0) is 18.3 Å². The van der Waals surface area contributed by atoms with Gasteiger partial charge in [0.1, 0.15) is 24.1 Å². The fraction of sp³-hybridized carbons (Fsp3) is 0.625. The number of fused-ring (bicyclic) bond motifs is 2. The Kier molecular flexibility index (Phi) is 9.52. The normalized spacial score (nSPS) is 24.3. The van der Waals surface area contributed by atoms with Crippen molar-refractivity contribution in [2.24, 2.45) is 7.05 Å². The lowest BCUT2D eigenvalue weighted by Crippen LogP contribution is -2.51. The van der Waals surface area contributed by atoms with E-state index in [2.05, 4.69) is 5.10 Å². The van der Waals surface area contributed by atoms with Gasteiger partial charge in [0.15, 0.2) is 0 Å². The SMILES string of the molecule is Cc1nn(C)cc1CN1C[C@@H](O)[C@@H](O)[C@@H]([C@H](O)CO)OCCCCCCOc2cccc1c2. The lowest BCUT2D eigenvalue weighted by molar-refractivity contribution is -0.141. The van der Waals surface area contributed by atoms with Crippen LogP contribution in [0.1, 0.15) is 36.9 Å². The van der Waals surface area contributed by atoms with Crippen LogP contribution in [0, 0.1) is 6.92 Å². The molecule has 1 aromatic heterocycles. The summed E-state index contributed by atoms with van der Waals surface area (Å²) in [7, 11) is 1.86. The van der Waals surface area contributed by atoms with Crippen molar-refractivity contribution in [1.29, 1.82) is 0 Å².